The number of benzene rings is 2. The van der Waals surface area contributed by atoms with Gasteiger partial charge < -0.3 is 9.32 Å². The molecule has 1 aliphatic rings. The standard InChI is InChI=1S/C22H23ClFN3O3S/c23-17-3-9-20(10-4-17)31(28,29)25-16-21(22-2-1-15-30-22)27-13-11-26(12-14-27)19-7-5-18(24)6-8-19/h1-10,15,21,25H,11-14,16H2/t21-/m1/s1. The first-order chi connectivity index (χ1) is 14.9. The number of hydrogen-bond acceptors (Lipinski definition) is 5. The molecule has 9 heteroatoms. The molecule has 0 spiro atoms. The molecule has 31 heavy (non-hydrogen) atoms. The molecule has 1 aromatic heterocycles. The zero-order chi connectivity index (χ0) is 21.8. The fourth-order valence-electron chi connectivity index (χ4n) is 3.72. The molecule has 0 radical (unpaired) electrons. The molecule has 0 bridgehead atoms. The van der Waals surface area contributed by atoms with Crippen molar-refractivity contribution in [2.75, 3.05) is 37.6 Å². The minimum atomic E-state index is -3.68. The van der Waals surface area contributed by atoms with Crippen LogP contribution in [0.25, 0.3) is 0 Å². The van der Waals surface area contributed by atoms with E-state index in [1.54, 1.807) is 36.6 Å². The highest BCUT2D eigenvalue weighted by molar-refractivity contribution is 7.89. The van der Waals surface area contributed by atoms with Crippen LogP contribution in [0.5, 0.6) is 0 Å². The summed E-state index contributed by atoms with van der Waals surface area (Å²) in [7, 11) is -3.68. The molecule has 0 aliphatic carbocycles. The first kappa shape index (κ1) is 21.8. The van der Waals surface area contributed by atoms with E-state index in [1.165, 1.54) is 24.3 Å². The SMILES string of the molecule is O=S(=O)(NC[C@H](c1ccco1)N1CCN(c2ccc(F)cc2)CC1)c1ccc(Cl)cc1. The van der Waals surface area contributed by atoms with Crippen molar-refractivity contribution >= 4 is 27.3 Å². The molecule has 1 saturated heterocycles. The summed E-state index contributed by atoms with van der Waals surface area (Å²) in [6.45, 7) is 3.09. The van der Waals surface area contributed by atoms with Gasteiger partial charge >= 0.3 is 0 Å². The molecule has 3 aromatic rings. The number of furan rings is 1. The van der Waals surface area contributed by atoms with Gasteiger partial charge in [-0.05, 0) is 60.7 Å². The Morgan fingerprint density at radius 2 is 1.68 bits per heavy atom. The maximum atomic E-state index is 13.2. The van der Waals surface area contributed by atoms with E-state index >= 15 is 0 Å². The van der Waals surface area contributed by atoms with Gasteiger partial charge in [-0.15, -0.1) is 0 Å². The Morgan fingerprint density at radius 1 is 1.00 bits per heavy atom. The number of halogens is 2. The van der Waals surface area contributed by atoms with Gasteiger partial charge in [-0.3, -0.25) is 4.90 Å². The summed E-state index contributed by atoms with van der Waals surface area (Å²) in [4.78, 5) is 4.55. The van der Waals surface area contributed by atoms with Gasteiger partial charge in [-0.25, -0.2) is 17.5 Å². The van der Waals surface area contributed by atoms with Gasteiger partial charge in [0.15, 0.2) is 0 Å². The van der Waals surface area contributed by atoms with Gasteiger partial charge in [-0.2, -0.15) is 0 Å². The van der Waals surface area contributed by atoms with E-state index in [2.05, 4.69) is 14.5 Å². The number of rotatable bonds is 7. The lowest BCUT2D eigenvalue weighted by Crippen LogP contribution is -2.49. The fraction of sp³-hybridized carbons (Fsp3) is 0.273. The molecular weight excluding hydrogens is 441 g/mol. The second-order valence-corrected chi connectivity index (χ2v) is 9.54. The summed E-state index contributed by atoms with van der Waals surface area (Å²) in [6.07, 6.45) is 1.59. The van der Waals surface area contributed by atoms with E-state index in [0.29, 0.717) is 23.9 Å². The van der Waals surface area contributed by atoms with Crippen molar-refractivity contribution in [3.63, 3.8) is 0 Å². The number of piperazine rings is 1. The lowest BCUT2D eigenvalue weighted by molar-refractivity contribution is 0.166. The molecule has 0 saturated carbocycles. The Bertz CT molecular complexity index is 1080. The van der Waals surface area contributed by atoms with Crippen molar-refractivity contribution in [1.29, 1.82) is 0 Å². The lowest BCUT2D eigenvalue weighted by Gasteiger charge is -2.39. The van der Waals surface area contributed by atoms with Gasteiger partial charge in [0.25, 0.3) is 0 Å². The smallest absolute Gasteiger partial charge is 0.240 e. The molecule has 0 amide bonds. The summed E-state index contributed by atoms with van der Waals surface area (Å²) in [5.74, 6) is 0.447. The highest BCUT2D eigenvalue weighted by Crippen LogP contribution is 2.25. The Balaban J connectivity index is 1.44. The van der Waals surface area contributed by atoms with Crippen LogP contribution >= 0.6 is 11.6 Å². The third-order valence-electron chi connectivity index (χ3n) is 5.41. The lowest BCUT2D eigenvalue weighted by atomic mass is 10.1. The van der Waals surface area contributed by atoms with Crippen molar-refractivity contribution in [2.24, 2.45) is 0 Å². The number of nitrogens with zero attached hydrogens (tertiary/aromatic N) is 2. The molecule has 164 valence electrons. The van der Waals surface area contributed by atoms with Gasteiger partial charge in [0.1, 0.15) is 11.6 Å². The van der Waals surface area contributed by atoms with Crippen molar-refractivity contribution in [2.45, 2.75) is 10.9 Å². The summed E-state index contributed by atoms with van der Waals surface area (Å²) in [6, 6.07) is 15.9. The molecule has 6 nitrogen and oxygen atoms in total. The summed E-state index contributed by atoms with van der Waals surface area (Å²) in [5.41, 5.74) is 0.971. The highest BCUT2D eigenvalue weighted by Gasteiger charge is 2.28. The topological polar surface area (TPSA) is 65.8 Å². The van der Waals surface area contributed by atoms with Crippen LogP contribution in [0.2, 0.25) is 5.02 Å². The molecule has 2 heterocycles. The third-order valence-corrected chi connectivity index (χ3v) is 7.10. The Morgan fingerprint density at radius 3 is 2.29 bits per heavy atom. The average Bonchev–Trinajstić information content (AvgIpc) is 3.30. The van der Waals surface area contributed by atoms with E-state index < -0.39 is 10.0 Å². The van der Waals surface area contributed by atoms with Crippen molar-refractivity contribution in [3.05, 3.63) is 83.5 Å². The van der Waals surface area contributed by atoms with E-state index in [1.807, 2.05) is 6.07 Å². The predicted molar refractivity (Wildman–Crippen MR) is 118 cm³/mol. The van der Waals surface area contributed by atoms with Crippen molar-refractivity contribution in [1.82, 2.24) is 9.62 Å². The number of sulfonamides is 1. The Kier molecular flexibility index (Phi) is 6.62. The molecule has 1 atom stereocenters. The zero-order valence-corrected chi connectivity index (χ0v) is 18.3. The largest absolute Gasteiger partial charge is 0.468 e. The fourth-order valence-corrected chi connectivity index (χ4v) is 4.88. The van der Waals surface area contributed by atoms with E-state index in [-0.39, 0.29) is 23.3 Å². The van der Waals surface area contributed by atoms with Crippen LogP contribution in [0, 0.1) is 5.82 Å². The third kappa shape index (κ3) is 5.27. The second kappa shape index (κ2) is 9.40. The Labute approximate surface area is 186 Å². The predicted octanol–water partition coefficient (Wildman–Crippen LogP) is 3.91. The molecule has 1 fully saturated rings. The maximum absolute atomic E-state index is 13.2. The summed E-state index contributed by atoms with van der Waals surface area (Å²) in [5, 5.41) is 0.478. The first-order valence-corrected chi connectivity index (χ1v) is 11.8. The summed E-state index contributed by atoms with van der Waals surface area (Å²) < 4.78 is 47.0. The minimum absolute atomic E-state index is 0.163. The van der Waals surface area contributed by atoms with E-state index in [4.69, 9.17) is 16.0 Å². The normalized spacial score (nSPS) is 16.4. The molecule has 0 unspecified atom stereocenters. The number of hydrogen-bond donors (Lipinski definition) is 1. The molecule has 1 aliphatic heterocycles. The van der Waals surface area contributed by atoms with Crippen LogP contribution in [0.4, 0.5) is 10.1 Å². The zero-order valence-electron chi connectivity index (χ0n) is 16.7. The monoisotopic (exact) mass is 463 g/mol. The Hall–Kier alpha value is -2.39. The van der Waals surface area contributed by atoms with Gasteiger partial charge in [-0.1, -0.05) is 11.6 Å². The maximum Gasteiger partial charge on any atom is 0.240 e. The number of nitrogens with one attached hydrogen (secondary N) is 1. The van der Waals surface area contributed by atoms with Crippen molar-refractivity contribution < 1.29 is 17.2 Å². The van der Waals surface area contributed by atoms with Gasteiger partial charge in [0.05, 0.1) is 17.2 Å². The number of anilines is 1. The highest BCUT2D eigenvalue weighted by atomic mass is 35.5. The van der Waals surface area contributed by atoms with Gasteiger partial charge in [0, 0.05) is 43.4 Å². The quantitative estimate of drug-likeness (QED) is 0.575. The van der Waals surface area contributed by atoms with Crippen molar-refractivity contribution in [3.8, 4) is 0 Å². The molecule has 2 aromatic carbocycles. The summed E-state index contributed by atoms with van der Waals surface area (Å²) >= 11 is 5.87. The second-order valence-electron chi connectivity index (χ2n) is 7.34. The van der Waals surface area contributed by atoms with E-state index in [0.717, 1.165) is 18.8 Å². The van der Waals surface area contributed by atoms with Crippen LogP contribution in [0.1, 0.15) is 11.8 Å². The average molecular weight is 464 g/mol. The van der Waals surface area contributed by atoms with Crippen LogP contribution in [-0.4, -0.2) is 46.0 Å². The molecule has 1 N–H and O–H groups in total. The minimum Gasteiger partial charge on any atom is -0.468 e. The van der Waals surface area contributed by atoms with Crippen LogP contribution in [0.3, 0.4) is 0 Å². The van der Waals surface area contributed by atoms with E-state index in [9.17, 15) is 12.8 Å². The van der Waals surface area contributed by atoms with Crippen LogP contribution in [0.15, 0.2) is 76.2 Å². The molecular formula is C22H23ClFN3O3S. The first-order valence-electron chi connectivity index (χ1n) is 9.95. The van der Waals surface area contributed by atoms with Crippen LogP contribution in [-0.2, 0) is 10.0 Å². The van der Waals surface area contributed by atoms with Crippen LogP contribution < -0.4 is 9.62 Å². The molecule has 4 rings (SSSR count). The van der Waals surface area contributed by atoms with Gasteiger partial charge in [0.2, 0.25) is 10.0 Å².